The standard InChI is InChI=1S/C25H31BrN4O2S/c1-16(2)20-14-19(26)10-11-21(20)27-24(31)15-33-25-29-28-23(30(25)4)8-6-7-18-9-12-22(32-5)17(3)13-18/h9-14,16H,6-8,15H2,1-5H3,(H,27,31). The van der Waals surface area contributed by atoms with Gasteiger partial charge >= 0.3 is 0 Å². The summed E-state index contributed by atoms with van der Waals surface area (Å²) in [6.45, 7) is 6.29. The van der Waals surface area contributed by atoms with Crippen LogP contribution in [0.15, 0.2) is 46.0 Å². The Labute approximate surface area is 208 Å². The normalized spacial score (nSPS) is 11.1. The molecule has 0 saturated carbocycles. The summed E-state index contributed by atoms with van der Waals surface area (Å²) >= 11 is 4.91. The number of ether oxygens (including phenoxy) is 1. The monoisotopic (exact) mass is 530 g/mol. The maximum Gasteiger partial charge on any atom is 0.234 e. The molecule has 0 radical (unpaired) electrons. The number of anilines is 1. The molecular formula is C25H31BrN4O2S. The lowest BCUT2D eigenvalue weighted by Gasteiger charge is -2.14. The number of amides is 1. The summed E-state index contributed by atoms with van der Waals surface area (Å²) < 4.78 is 8.32. The first-order valence-electron chi connectivity index (χ1n) is 11.0. The van der Waals surface area contributed by atoms with Gasteiger partial charge in [0.15, 0.2) is 5.16 Å². The fourth-order valence-corrected chi connectivity index (χ4v) is 4.79. The second-order valence-corrected chi connectivity index (χ2v) is 10.2. The van der Waals surface area contributed by atoms with Crippen molar-refractivity contribution in [3.63, 3.8) is 0 Å². The minimum atomic E-state index is -0.0522. The van der Waals surface area contributed by atoms with Crippen LogP contribution in [0, 0.1) is 6.92 Å². The minimum absolute atomic E-state index is 0.0522. The van der Waals surface area contributed by atoms with Crippen molar-refractivity contribution in [1.82, 2.24) is 14.8 Å². The summed E-state index contributed by atoms with van der Waals surface area (Å²) in [7, 11) is 3.65. The van der Waals surface area contributed by atoms with Crippen LogP contribution in [-0.4, -0.2) is 33.5 Å². The lowest BCUT2D eigenvalue weighted by Crippen LogP contribution is -2.16. The highest BCUT2D eigenvalue weighted by molar-refractivity contribution is 9.10. The van der Waals surface area contributed by atoms with Gasteiger partial charge in [-0.25, -0.2) is 0 Å². The van der Waals surface area contributed by atoms with E-state index < -0.39 is 0 Å². The van der Waals surface area contributed by atoms with E-state index in [1.807, 2.05) is 29.8 Å². The molecule has 8 heteroatoms. The van der Waals surface area contributed by atoms with Gasteiger partial charge in [0.05, 0.1) is 12.9 Å². The van der Waals surface area contributed by atoms with Crippen molar-refractivity contribution in [2.75, 3.05) is 18.2 Å². The predicted octanol–water partition coefficient (Wildman–Crippen LogP) is 5.92. The maximum absolute atomic E-state index is 12.6. The van der Waals surface area contributed by atoms with Gasteiger partial charge in [-0.2, -0.15) is 0 Å². The molecule has 6 nitrogen and oxygen atoms in total. The van der Waals surface area contributed by atoms with Crippen LogP contribution in [0.3, 0.4) is 0 Å². The minimum Gasteiger partial charge on any atom is -0.496 e. The highest BCUT2D eigenvalue weighted by atomic mass is 79.9. The molecule has 0 unspecified atom stereocenters. The van der Waals surface area contributed by atoms with Gasteiger partial charge in [-0.15, -0.1) is 10.2 Å². The van der Waals surface area contributed by atoms with Crippen molar-refractivity contribution >= 4 is 39.3 Å². The summed E-state index contributed by atoms with van der Waals surface area (Å²) in [6, 6.07) is 12.2. The number of rotatable bonds is 10. The molecule has 176 valence electrons. The van der Waals surface area contributed by atoms with Crippen LogP contribution in [0.2, 0.25) is 0 Å². The lowest BCUT2D eigenvalue weighted by atomic mass is 10.0. The number of benzene rings is 2. The lowest BCUT2D eigenvalue weighted by molar-refractivity contribution is -0.113. The van der Waals surface area contributed by atoms with E-state index in [0.717, 1.165) is 57.3 Å². The molecule has 0 aliphatic heterocycles. The zero-order valence-corrected chi connectivity index (χ0v) is 22.2. The van der Waals surface area contributed by atoms with Crippen LogP contribution in [0.5, 0.6) is 5.75 Å². The van der Waals surface area contributed by atoms with E-state index in [-0.39, 0.29) is 11.7 Å². The molecule has 0 aliphatic carbocycles. The molecule has 0 atom stereocenters. The summed E-state index contributed by atoms with van der Waals surface area (Å²) in [5.74, 6) is 2.39. The fourth-order valence-electron chi connectivity index (χ4n) is 3.68. The number of aryl methyl sites for hydroxylation is 3. The van der Waals surface area contributed by atoms with E-state index in [1.165, 1.54) is 17.3 Å². The molecule has 33 heavy (non-hydrogen) atoms. The van der Waals surface area contributed by atoms with Gasteiger partial charge < -0.3 is 14.6 Å². The van der Waals surface area contributed by atoms with Crippen molar-refractivity contribution in [3.05, 3.63) is 63.4 Å². The van der Waals surface area contributed by atoms with E-state index in [0.29, 0.717) is 5.92 Å². The van der Waals surface area contributed by atoms with Crippen LogP contribution in [0.4, 0.5) is 5.69 Å². The molecule has 1 aromatic heterocycles. The van der Waals surface area contributed by atoms with Crippen molar-refractivity contribution in [1.29, 1.82) is 0 Å². The Bertz CT molecular complexity index is 1110. The van der Waals surface area contributed by atoms with Crippen LogP contribution < -0.4 is 10.1 Å². The van der Waals surface area contributed by atoms with Crippen molar-refractivity contribution in [2.24, 2.45) is 7.05 Å². The molecule has 1 amide bonds. The Kier molecular flexibility index (Phi) is 8.97. The highest BCUT2D eigenvalue weighted by Gasteiger charge is 2.14. The average molecular weight is 532 g/mol. The van der Waals surface area contributed by atoms with E-state index in [4.69, 9.17) is 4.74 Å². The molecule has 0 fully saturated rings. The van der Waals surface area contributed by atoms with E-state index in [2.05, 4.69) is 70.4 Å². The Balaban J connectivity index is 1.52. The average Bonchev–Trinajstić information content (AvgIpc) is 3.13. The molecule has 2 aromatic carbocycles. The third-order valence-corrected chi connectivity index (χ3v) is 7.01. The molecule has 3 rings (SSSR count). The van der Waals surface area contributed by atoms with Crippen molar-refractivity contribution < 1.29 is 9.53 Å². The molecule has 0 aliphatic rings. The molecule has 1 N–H and O–H groups in total. The summed E-state index contributed by atoms with van der Waals surface area (Å²) in [5.41, 5.74) is 4.40. The van der Waals surface area contributed by atoms with Gasteiger partial charge in [0, 0.05) is 23.6 Å². The number of hydrogen-bond acceptors (Lipinski definition) is 5. The highest BCUT2D eigenvalue weighted by Crippen LogP contribution is 2.28. The fraction of sp³-hybridized carbons (Fsp3) is 0.400. The van der Waals surface area contributed by atoms with E-state index in [9.17, 15) is 4.79 Å². The van der Waals surface area contributed by atoms with Crippen molar-refractivity contribution in [3.8, 4) is 5.75 Å². The number of hydrogen-bond donors (Lipinski definition) is 1. The first-order valence-corrected chi connectivity index (χ1v) is 12.8. The number of nitrogens with zero attached hydrogens (tertiary/aromatic N) is 3. The molecule has 3 aromatic rings. The summed E-state index contributed by atoms with van der Waals surface area (Å²) in [6.07, 6.45) is 2.77. The largest absolute Gasteiger partial charge is 0.496 e. The van der Waals surface area contributed by atoms with Gasteiger partial charge in [-0.1, -0.05) is 53.7 Å². The Morgan fingerprint density at radius 1 is 1.18 bits per heavy atom. The summed E-state index contributed by atoms with van der Waals surface area (Å²) in [4.78, 5) is 12.6. The molecule has 0 saturated heterocycles. The first kappa shape index (κ1) is 25.3. The Morgan fingerprint density at radius 3 is 2.67 bits per heavy atom. The molecular weight excluding hydrogens is 500 g/mol. The summed E-state index contributed by atoms with van der Waals surface area (Å²) in [5, 5.41) is 12.4. The van der Waals surface area contributed by atoms with Crippen molar-refractivity contribution in [2.45, 2.75) is 51.1 Å². The van der Waals surface area contributed by atoms with Gasteiger partial charge in [0.2, 0.25) is 5.91 Å². The van der Waals surface area contributed by atoms with Crippen LogP contribution in [0.25, 0.3) is 0 Å². The number of nitrogens with one attached hydrogen (secondary N) is 1. The smallest absolute Gasteiger partial charge is 0.234 e. The second-order valence-electron chi connectivity index (χ2n) is 8.34. The third-order valence-electron chi connectivity index (χ3n) is 5.49. The van der Waals surface area contributed by atoms with E-state index in [1.54, 1.807) is 7.11 Å². The number of methoxy groups -OCH3 is 1. The van der Waals surface area contributed by atoms with Crippen LogP contribution in [-0.2, 0) is 24.7 Å². The SMILES string of the molecule is COc1ccc(CCCc2nnc(SCC(=O)Nc3ccc(Br)cc3C(C)C)n2C)cc1C. The maximum atomic E-state index is 12.6. The number of carbonyl (C=O) groups excluding carboxylic acids is 1. The second kappa shape index (κ2) is 11.7. The predicted molar refractivity (Wildman–Crippen MR) is 138 cm³/mol. The van der Waals surface area contributed by atoms with Gasteiger partial charge in [-0.05, 0) is 66.6 Å². The number of halogens is 1. The first-order chi connectivity index (χ1) is 15.8. The Hall–Kier alpha value is -2.32. The van der Waals surface area contributed by atoms with Gasteiger partial charge in [-0.3, -0.25) is 4.79 Å². The molecule has 0 spiro atoms. The van der Waals surface area contributed by atoms with Crippen LogP contribution >= 0.6 is 27.7 Å². The zero-order chi connectivity index (χ0) is 24.0. The number of thioether (sulfide) groups is 1. The van der Waals surface area contributed by atoms with Gasteiger partial charge in [0.1, 0.15) is 11.6 Å². The third kappa shape index (κ3) is 6.84. The zero-order valence-electron chi connectivity index (χ0n) is 19.8. The number of aromatic nitrogens is 3. The molecule has 0 bridgehead atoms. The topological polar surface area (TPSA) is 69.0 Å². The van der Waals surface area contributed by atoms with Gasteiger partial charge in [0.25, 0.3) is 0 Å². The van der Waals surface area contributed by atoms with Crippen LogP contribution in [0.1, 0.15) is 48.7 Å². The Morgan fingerprint density at radius 2 is 1.97 bits per heavy atom. The molecule has 1 heterocycles. The number of carbonyl (C=O) groups is 1. The quantitative estimate of drug-likeness (QED) is 0.329. The van der Waals surface area contributed by atoms with E-state index >= 15 is 0 Å².